The van der Waals surface area contributed by atoms with Gasteiger partial charge in [0.1, 0.15) is 5.82 Å². The van der Waals surface area contributed by atoms with Crippen LogP contribution in [0.2, 0.25) is 0 Å². The van der Waals surface area contributed by atoms with Crippen LogP contribution >= 0.6 is 0 Å². The van der Waals surface area contributed by atoms with Gasteiger partial charge >= 0.3 is 0 Å². The van der Waals surface area contributed by atoms with Crippen molar-refractivity contribution in [1.29, 1.82) is 0 Å². The number of amides is 2. The fraction of sp³-hybridized carbons (Fsp3) is 0.259. The van der Waals surface area contributed by atoms with Crippen molar-refractivity contribution in [2.24, 2.45) is 5.92 Å². The number of nitrogens with one attached hydrogen (secondary N) is 1. The Morgan fingerprint density at radius 2 is 1.58 bits per heavy atom. The van der Waals surface area contributed by atoms with E-state index in [2.05, 4.69) is 5.32 Å². The molecule has 0 unspecified atom stereocenters. The van der Waals surface area contributed by atoms with E-state index in [4.69, 9.17) is 0 Å². The zero-order valence-corrected chi connectivity index (χ0v) is 19.5. The van der Waals surface area contributed by atoms with Crippen LogP contribution in [-0.4, -0.2) is 30.8 Å². The highest BCUT2D eigenvalue weighted by Gasteiger charge is 2.20. The summed E-state index contributed by atoms with van der Waals surface area (Å²) < 4.78 is 13.4. The normalized spacial score (nSPS) is 10.7. The number of carbonyl (C=O) groups is 2. The van der Waals surface area contributed by atoms with Gasteiger partial charge in [0, 0.05) is 50.0 Å². The quantitative estimate of drug-likeness (QED) is 0.508. The van der Waals surface area contributed by atoms with Crippen LogP contribution in [0.25, 0.3) is 0 Å². The van der Waals surface area contributed by atoms with Crippen LogP contribution in [0.4, 0.5) is 15.8 Å². The number of benzene rings is 3. The Labute approximate surface area is 194 Å². The highest BCUT2D eigenvalue weighted by atomic mass is 19.1. The Balaban J connectivity index is 1.97. The predicted octanol–water partition coefficient (Wildman–Crippen LogP) is 5.33. The van der Waals surface area contributed by atoms with Gasteiger partial charge in [-0.1, -0.05) is 44.2 Å². The van der Waals surface area contributed by atoms with Crippen molar-refractivity contribution in [2.75, 3.05) is 24.3 Å². The largest absolute Gasteiger partial charge is 0.377 e. The van der Waals surface area contributed by atoms with Gasteiger partial charge in [0.05, 0.1) is 0 Å². The topological polar surface area (TPSA) is 52.7 Å². The average Bonchev–Trinajstić information content (AvgIpc) is 2.79. The second kappa shape index (κ2) is 10.8. The molecule has 0 saturated carbocycles. The van der Waals surface area contributed by atoms with Crippen molar-refractivity contribution in [3.05, 3.63) is 95.3 Å². The van der Waals surface area contributed by atoms with Crippen molar-refractivity contribution in [3.63, 3.8) is 0 Å². The summed E-state index contributed by atoms with van der Waals surface area (Å²) in [5, 5.41) is 2.94. The van der Waals surface area contributed by atoms with Crippen LogP contribution < -0.4 is 10.2 Å². The summed E-state index contributed by atoms with van der Waals surface area (Å²) in [5.74, 6) is -0.788. The van der Waals surface area contributed by atoms with Crippen molar-refractivity contribution >= 4 is 23.2 Å². The summed E-state index contributed by atoms with van der Waals surface area (Å²) in [6.45, 7) is 4.40. The van der Waals surface area contributed by atoms with Gasteiger partial charge < -0.3 is 15.1 Å². The third-order valence-electron chi connectivity index (χ3n) is 5.31. The van der Waals surface area contributed by atoms with Crippen LogP contribution in [0.15, 0.2) is 72.8 Å². The molecule has 5 nitrogen and oxygen atoms in total. The number of rotatable bonds is 8. The maximum Gasteiger partial charge on any atom is 0.254 e. The molecule has 1 N–H and O–H groups in total. The minimum absolute atomic E-state index is 0.0675. The highest BCUT2D eigenvalue weighted by molar-refractivity contribution is 5.94. The van der Waals surface area contributed by atoms with Gasteiger partial charge in [-0.25, -0.2) is 4.39 Å². The summed E-state index contributed by atoms with van der Waals surface area (Å²) in [7, 11) is 3.88. The second-order valence-corrected chi connectivity index (χ2v) is 8.54. The fourth-order valence-corrected chi connectivity index (χ4v) is 3.50. The molecule has 3 aromatic rings. The van der Waals surface area contributed by atoms with E-state index in [0.29, 0.717) is 24.3 Å². The molecule has 0 saturated heterocycles. The minimum Gasteiger partial charge on any atom is -0.377 e. The molecule has 0 spiro atoms. The molecule has 0 fully saturated rings. The minimum atomic E-state index is -0.385. The fourth-order valence-electron chi connectivity index (χ4n) is 3.50. The molecule has 3 aromatic carbocycles. The van der Waals surface area contributed by atoms with E-state index in [1.807, 2.05) is 81.4 Å². The Hall–Kier alpha value is -3.67. The van der Waals surface area contributed by atoms with E-state index in [1.54, 1.807) is 4.90 Å². The van der Waals surface area contributed by atoms with E-state index < -0.39 is 0 Å². The molecular weight excluding hydrogens is 417 g/mol. The Morgan fingerprint density at radius 3 is 2.18 bits per heavy atom. The summed E-state index contributed by atoms with van der Waals surface area (Å²) in [6, 6.07) is 21.0. The number of nitrogens with zero attached hydrogens (tertiary/aromatic N) is 2. The van der Waals surface area contributed by atoms with E-state index in [0.717, 1.165) is 16.8 Å². The monoisotopic (exact) mass is 447 g/mol. The van der Waals surface area contributed by atoms with Gasteiger partial charge in [0.2, 0.25) is 5.91 Å². The van der Waals surface area contributed by atoms with Gasteiger partial charge in [-0.05, 0) is 53.6 Å². The molecule has 6 heteroatoms. The molecule has 0 aliphatic heterocycles. The number of halogens is 1. The first kappa shape index (κ1) is 24.0. The van der Waals surface area contributed by atoms with E-state index >= 15 is 0 Å². The SMILES string of the molecule is CC(C)C(=O)Nc1ccc(N(C)C)c(CN(Cc2ccccc2)C(=O)c2ccc(F)cc2)c1. The van der Waals surface area contributed by atoms with Gasteiger partial charge in [0.25, 0.3) is 5.91 Å². The summed E-state index contributed by atoms with van der Waals surface area (Å²) in [5.41, 5.74) is 3.94. The molecule has 3 rings (SSSR count). The van der Waals surface area contributed by atoms with Crippen LogP contribution in [-0.2, 0) is 17.9 Å². The Bertz CT molecular complexity index is 1100. The van der Waals surface area contributed by atoms with Crippen LogP contribution in [0.3, 0.4) is 0 Å². The smallest absolute Gasteiger partial charge is 0.254 e. The third-order valence-corrected chi connectivity index (χ3v) is 5.31. The van der Waals surface area contributed by atoms with E-state index in [-0.39, 0.29) is 23.5 Å². The summed E-state index contributed by atoms with van der Waals surface area (Å²) >= 11 is 0. The van der Waals surface area contributed by atoms with Gasteiger partial charge in [-0.15, -0.1) is 0 Å². The van der Waals surface area contributed by atoms with Crippen LogP contribution in [0, 0.1) is 11.7 Å². The van der Waals surface area contributed by atoms with Gasteiger partial charge in [-0.2, -0.15) is 0 Å². The average molecular weight is 448 g/mol. The second-order valence-electron chi connectivity index (χ2n) is 8.54. The summed E-state index contributed by atoms with van der Waals surface area (Å²) in [4.78, 5) is 29.3. The molecule has 0 atom stereocenters. The standard InChI is InChI=1S/C27H30FN3O2/c1-19(2)26(32)29-24-14-15-25(30(3)4)22(16-24)18-31(17-20-8-6-5-7-9-20)27(33)21-10-12-23(28)13-11-21/h5-16,19H,17-18H2,1-4H3,(H,29,32). The molecule has 2 amide bonds. The van der Waals surface area contributed by atoms with Crippen molar-refractivity contribution in [1.82, 2.24) is 4.90 Å². The van der Waals surface area contributed by atoms with Crippen molar-refractivity contribution in [3.8, 4) is 0 Å². The van der Waals surface area contributed by atoms with Crippen LogP contribution in [0.1, 0.15) is 35.3 Å². The predicted molar refractivity (Wildman–Crippen MR) is 131 cm³/mol. The molecule has 0 radical (unpaired) electrons. The number of carbonyl (C=O) groups excluding carboxylic acids is 2. The maximum absolute atomic E-state index is 13.4. The maximum atomic E-state index is 13.4. The summed E-state index contributed by atoms with van der Waals surface area (Å²) in [6.07, 6.45) is 0. The molecule has 172 valence electrons. The molecule has 0 aliphatic rings. The first-order chi connectivity index (χ1) is 15.7. The van der Waals surface area contributed by atoms with Gasteiger partial charge in [0.15, 0.2) is 0 Å². The lowest BCUT2D eigenvalue weighted by Gasteiger charge is -2.27. The number of hydrogen-bond acceptors (Lipinski definition) is 3. The van der Waals surface area contributed by atoms with Crippen LogP contribution in [0.5, 0.6) is 0 Å². The molecule has 0 bridgehead atoms. The molecule has 33 heavy (non-hydrogen) atoms. The zero-order valence-electron chi connectivity index (χ0n) is 19.5. The molecule has 0 aromatic heterocycles. The first-order valence-electron chi connectivity index (χ1n) is 10.9. The first-order valence-corrected chi connectivity index (χ1v) is 10.9. The Morgan fingerprint density at radius 1 is 0.909 bits per heavy atom. The lowest BCUT2D eigenvalue weighted by atomic mass is 10.1. The number of anilines is 2. The Kier molecular flexibility index (Phi) is 7.83. The number of hydrogen-bond donors (Lipinski definition) is 1. The molecule has 0 heterocycles. The lowest BCUT2D eigenvalue weighted by molar-refractivity contribution is -0.118. The zero-order chi connectivity index (χ0) is 24.0. The lowest BCUT2D eigenvalue weighted by Crippen LogP contribution is -2.31. The van der Waals surface area contributed by atoms with E-state index in [1.165, 1.54) is 24.3 Å². The molecular formula is C27H30FN3O2. The van der Waals surface area contributed by atoms with Crippen molar-refractivity contribution in [2.45, 2.75) is 26.9 Å². The third kappa shape index (κ3) is 6.42. The molecule has 0 aliphatic carbocycles. The van der Waals surface area contributed by atoms with E-state index in [9.17, 15) is 14.0 Å². The van der Waals surface area contributed by atoms with Gasteiger partial charge in [-0.3, -0.25) is 9.59 Å². The highest BCUT2D eigenvalue weighted by Crippen LogP contribution is 2.26. The van der Waals surface area contributed by atoms with Crippen molar-refractivity contribution < 1.29 is 14.0 Å².